The molecule has 2 fully saturated rings. The van der Waals surface area contributed by atoms with Gasteiger partial charge in [0.1, 0.15) is 0 Å². The summed E-state index contributed by atoms with van der Waals surface area (Å²) in [6.07, 6.45) is -2.55. The Bertz CT molecular complexity index is 700. The van der Waals surface area contributed by atoms with E-state index in [2.05, 4.69) is 0 Å². The molecule has 0 radical (unpaired) electrons. The van der Waals surface area contributed by atoms with Crippen LogP contribution in [-0.2, 0) is 22.3 Å². The number of carbonyl (C=O) groups excluding carboxylic acids is 2. The van der Waals surface area contributed by atoms with Crippen LogP contribution in [0.5, 0.6) is 0 Å². The molecule has 1 aromatic rings. The topological polar surface area (TPSA) is 66.6 Å². The van der Waals surface area contributed by atoms with Gasteiger partial charge in [-0.25, -0.2) is 0 Å². The van der Waals surface area contributed by atoms with Gasteiger partial charge in [-0.3, -0.25) is 9.59 Å². The van der Waals surface area contributed by atoms with Gasteiger partial charge in [0.2, 0.25) is 11.8 Å². The Morgan fingerprint density at radius 1 is 1.22 bits per heavy atom. The minimum atomic E-state index is -4.42. The number of hydrogen-bond acceptors (Lipinski definition) is 3. The van der Waals surface area contributed by atoms with E-state index in [4.69, 9.17) is 5.73 Å². The van der Waals surface area contributed by atoms with Gasteiger partial charge in [0.15, 0.2) is 0 Å². The molecule has 3 rings (SSSR count). The van der Waals surface area contributed by atoms with Crippen LogP contribution in [0.4, 0.5) is 13.2 Å². The van der Waals surface area contributed by atoms with E-state index in [0.29, 0.717) is 31.1 Å². The number of halogens is 3. The molecule has 0 saturated carbocycles. The Kier molecular flexibility index (Phi) is 5.74. The lowest BCUT2D eigenvalue weighted by molar-refractivity contribution is -0.138. The first kappa shape index (κ1) is 19.7. The molecule has 1 unspecified atom stereocenters. The van der Waals surface area contributed by atoms with Gasteiger partial charge in [-0.05, 0) is 43.0 Å². The van der Waals surface area contributed by atoms with E-state index < -0.39 is 17.7 Å². The van der Waals surface area contributed by atoms with Gasteiger partial charge in [-0.1, -0.05) is 12.1 Å². The summed E-state index contributed by atoms with van der Waals surface area (Å²) < 4.78 is 38.5. The van der Waals surface area contributed by atoms with Crippen LogP contribution < -0.4 is 5.73 Å². The van der Waals surface area contributed by atoms with Gasteiger partial charge in [-0.15, -0.1) is 0 Å². The van der Waals surface area contributed by atoms with E-state index in [1.54, 1.807) is 11.0 Å². The Labute approximate surface area is 156 Å². The third-order valence-corrected chi connectivity index (χ3v) is 5.45. The van der Waals surface area contributed by atoms with Gasteiger partial charge in [-0.2, -0.15) is 13.2 Å². The third-order valence-electron chi connectivity index (χ3n) is 5.45. The van der Waals surface area contributed by atoms with Gasteiger partial charge in [0.25, 0.3) is 0 Å². The highest BCUT2D eigenvalue weighted by Crippen LogP contribution is 2.30. The van der Waals surface area contributed by atoms with Gasteiger partial charge >= 0.3 is 6.18 Å². The Hall–Kier alpha value is -2.09. The van der Waals surface area contributed by atoms with Crippen molar-refractivity contribution >= 4 is 11.8 Å². The number of rotatable bonds is 4. The zero-order chi connectivity index (χ0) is 19.6. The first-order chi connectivity index (χ1) is 12.8. The van der Waals surface area contributed by atoms with Crippen LogP contribution in [-0.4, -0.2) is 47.8 Å². The standard InChI is InChI=1S/C19H24F3N3O2/c20-19(21,22)16-3-1-2-14(8-16)11-25-12-15(9-17(25)26)18(27)24-6-4-13(10-23)5-7-24/h1-3,8,13,15H,4-7,9-12,23H2. The lowest BCUT2D eigenvalue weighted by Crippen LogP contribution is -2.43. The van der Waals surface area contributed by atoms with Crippen molar-refractivity contribution in [3.8, 4) is 0 Å². The van der Waals surface area contributed by atoms with Crippen LogP contribution in [0, 0.1) is 11.8 Å². The molecule has 27 heavy (non-hydrogen) atoms. The molecule has 8 heteroatoms. The predicted octanol–water partition coefficient (Wildman–Crippen LogP) is 2.25. The summed E-state index contributed by atoms with van der Waals surface area (Å²) >= 11 is 0. The minimum absolute atomic E-state index is 0.0367. The van der Waals surface area contributed by atoms with E-state index in [9.17, 15) is 22.8 Å². The summed E-state index contributed by atoms with van der Waals surface area (Å²) in [5, 5.41) is 0. The highest BCUT2D eigenvalue weighted by Gasteiger charge is 2.37. The molecule has 148 valence electrons. The Morgan fingerprint density at radius 2 is 1.93 bits per heavy atom. The molecule has 0 aliphatic carbocycles. The van der Waals surface area contributed by atoms with Crippen molar-refractivity contribution in [2.24, 2.45) is 17.6 Å². The Morgan fingerprint density at radius 3 is 2.56 bits per heavy atom. The summed E-state index contributed by atoms with van der Waals surface area (Å²) in [5.41, 5.74) is 5.35. The van der Waals surface area contributed by atoms with E-state index in [1.165, 1.54) is 11.0 Å². The number of amides is 2. The highest BCUT2D eigenvalue weighted by atomic mass is 19.4. The van der Waals surface area contributed by atoms with E-state index in [1.807, 2.05) is 0 Å². The molecule has 1 atom stereocenters. The minimum Gasteiger partial charge on any atom is -0.342 e. The number of piperidine rings is 1. The molecular formula is C19H24F3N3O2. The maximum Gasteiger partial charge on any atom is 0.416 e. The Balaban J connectivity index is 1.60. The lowest BCUT2D eigenvalue weighted by atomic mass is 9.95. The maximum absolute atomic E-state index is 12.8. The zero-order valence-corrected chi connectivity index (χ0v) is 15.0. The molecule has 0 bridgehead atoms. The molecule has 2 aliphatic rings. The SMILES string of the molecule is NCC1CCN(C(=O)C2CC(=O)N(Cc3cccc(C(F)(F)F)c3)C2)CC1. The first-order valence-corrected chi connectivity index (χ1v) is 9.20. The third kappa shape index (κ3) is 4.61. The highest BCUT2D eigenvalue weighted by molar-refractivity contribution is 5.89. The molecule has 2 saturated heterocycles. The fourth-order valence-electron chi connectivity index (χ4n) is 3.80. The van der Waals surface area contributed by atoms with Crippen LogP contribution >= 0.6 is 0 Å². The van der Waals surface area contributed by atoms with Gasteiger partial charge in [0.05, 0.1) is 11.5 Å². The summed E-state index contributed by atoms with van der Waals surface area (Å²) in [7, 11) is 0. The van der Waals surface area contributed by atoms with E-state index >= 15 is 0 Å². The molecule has 0 spiro atoms. The monoisotopic (exact) mass is 383 g/mol. The molecule has 5 nitrogen and oxygen atoms in total. The van der Waals surface area contributed by atoms with Crippen molar-refractivity contribution in [3.63, 3.8) is 0 Å². The largest absolute Gasteiger partial charge is 0.416 e. The average Bonchev–Trinajstić information content (AvgIpc) is 3.01. The predicted molar refractivity (Wildman–Crippen MR) is 93.3 cm³/mol. The van der Waals surface area contributed by atoms with Crippen molar-refractivity contribution in [1.29, 1.82) is 0 Å². The maximum atomic E-state index is 12.8. The fourth-order valence-corrected chi connectivity index (χ4v) is 3.80. The second-order valence-electron chi connectivity index (χ2n) is 7.38. The van der Waals surface area contributed by atoms with Crippen LogP contribution in [0.2, 0.25) is 0 Å². The first-order valence-electron chi connectivity index (χ1n) is 9.20. The number of nitrogens with zero attached hydrogens (tertiary/aromatic N) is 2. The van der Waals surface area contributed by atoms with E-state index in [0.717, 1.165) is 25.0 Å². The number of nitrogens with two attached hydrogens (primary N) is 1. The summed E-state index contributed by atoms with van der Waals surface area (Å²) in [4.78, 5) is 28.2. The second kappa shape index (κ2) is 7.88. The van der Waals surface area contributed by atoms with Crippen molar-refractivity contribution in [1.82, 2.24) is 9.80 Å². The van der Waals surface area contributed by atoms with Crippen molar-refractivity contribution < 1.29 is 22.8 Å². The van der Waals surface area contributed by atoms with E-state index in [-0.39, 0.29) is 31.3 Å². The summed E-state index contributed by atoms with van der Waals surface area (Å²) in [5.74, 6) is -0.206. The van der Waals surface area contributed by atoms with Crippen molar-refractivity contribution in [3.05, 3.63) is 35.4 Å². The molecule has 2 N–H and O–H groups in total. The lowest BCUT2D eigenvalue weighted by Gasteiger charge is -2.33. The molecule has 2 heterocycles. The number of carbonyl (C=O) groups is 2. The van der Waals surface area contributed by atoms with Crippen molar-refractivity contribution in [2.75, 3.05) is 26.2 Å². The summed E-state index contributed by atoms with van der Waals surface area (Å²) in [6.45, 7) is 2.26. The average molecular weight is 383 g/mol. The van der Waals surface area contributed by atoms with Gasteiger partial charge in [0, 0.05) is 32.6 Å². The molecule has 1 aromatic carbocycles. The number of alkyl halides is 3. The van der Waals surface area contributed by atoms with Gasteiger partial charge < -0.3 is 15.5 Å². The van der Waals surface area contributed by atoms with Crippen LogP contribution in [0.15, 0.2) is 24.3 Å². The smallest absolute Gasteiger partial charge is 0.342 e. The van der Waals surface area contributed by atoms with Crippen molar-refractivity contribution in [2.45, 2.75) is 32.0 Å². The fraction of sp³-hybridized carbons (Fsp3) is 0.579. The van der Waals surface area contributed by atoms with Crippen LogP contribution in [0.1, 0.15) is 30.4 Å². The normalized spacial score (nSPS) is 21.8. The molecule has 0 aromatic heterocycles. The summed E-state index contributed by atoms with van der Waals surface area (Å²) in [6, 6.07) is 4.96. The zero-order valence-electron chi connectivity index (χ0n) is 15.0. The van der Waals surface area contributed by atoms with Crippen LogP contribution in [0.3, 0.4) is 0 Å². The quantitative estimate of drug-likeness (QED) is 0.867. The number of hydrogen-bond donors (Lipinski definition) is 1. The molecular weight excluding hydrogens is 359 g/mol. The number of benzene rings is 1. The number of likely N-dealkylation sites (tertiary alicyclic amines) is 2. The molecule has 2 aliphatic heterocycles. The molecule has 2 amide bonds. The van der Waals surface area contributed by atoms with Crippen LogP contribution in [0.25, 0.3) is 0 Å². The second-order valence-corrected chi connectivity index (χ2v) is 7.38.